The van der Waals surface area contributed by atoms with Crippen molar-refractivity contribution in [2.24, 2.45) is 0 Å². The fourth-order valence-electron chi connectivity index (χ4n) is 1.33. The average Bonchev–Trinajstić information content (AvgIpc) is 2.28. The van der Waals surface area contributed by atoms with Gasteiger partial charge in [0.1, 0.15) is 5.75 Å². The molecular formula is C12H15NO5. The Morgan fingerprint density at radius 3 is 2.17 bits per heavy atom. The van der Waals surface area contributed by atoms with Crippen LogP contribution in [0.2, 0.25) is 0 Å². The first-order valence-corrected chi connectivity index (χ1v) is 5.29. The second-order valence-corrected chi connectivity index (χ2v) is 3.93. The van der Waals surface area contributed by atoms with Crippen LogP contribution in [0.4, 0.5) is 5.69 Å². The highest BCUT2D eigenvalue weighted by molar-refractivity contribution is 5.80. The van der Waals surface area contributed by atoms with Gasteiger partial charge < -0.3 is 19.8 Å². The van der Waals surface area contributed by atoms with Gasteiger partial charge in [-0.2, -0.15) is 0 Å². The third-order valence-electron chi connectivity index (χ3n) is 2.27. The van der Waals surface area contributed by atoms with Crippen LogP contribution in [0.25, 0.3) is 0 Å². The van der Waals surface area contributed by atoms with Crippen molar-refractivity contribution in [3.63, 3.8) is 0 Å². The van der Waals surface area contributed by atoms with Crippen LogP contribution >= 0.6 is 0 Å². The summed E-state index contributed by atoms with van der Waals surface area (Å²) in [5.74, 6) is -2.18. The van der Waals surface area contributed by atoms with Crippen LogP contribution < -0.4 is 9.64 Å². The van der Waals surface area contributed by atoms with E-state index in [1.807, 2.05) is 19.0 Å². The van der Waals surface area contributed by atoms with Gasteiger partial charge in [-0.3, -0.25) is 4.79 Å². The van der Waals surface area contributed by atoms with Gasteiger partial charge >= 0.3 is 11.9 Å². The maximum absolute atomic E-state index is 10.8. The molecule has 0 spiro atoms. The molecular weight excluding hydrogens is 238 g/mol. The van der Waals surface area contributed by atoms with Crippen LogP contribution in [-0.2, 0) is 9.59 Å². The quantitative estimate of drug-likeness (QED) is 0.788. The Bertz CT molecular complexity index is 427. The Labute approximate surface area is 104 Å². The minimum atomic E-state index is -1.38. The zero-order chi connectivity index (χ0) is 13.7. The lowest BCUT2D eigenvalue weighted by molar-refractivity contribution is -0.151. The molecule has 1 atom stereocenters. The van der Waals surface area contributed by atoms with Crippen molar-refractivity contribution < 1.29 is 24.5 Å². The molecule has 0 saturated heterocycles. The van der Waals surface area contributed by atoms with Crippen LogP contribution in [-0.4, -0.2) is 42.4 Å². The lowest BCUT2D eigenvalue weighted by atomic mass is 10.2. The van der Waals surface area contributed by atoms with Gasteiger partial charge in [0.15, 0.2) is 0 Å². The van der Waals surface area contributed by atoms with Crippen molar-refractivity contribution in [2.45, 2.75) is 12.5 Å². The fourth-order valence-corrected chi connectivity index (χ4v) is 1.33. The van der Waals surface area contributed by atoms with Gasteiger partial charge in [-0.05, 0) is 24.3 Å². The van der Waals surface area contributed by atoms with Crippen molar-refractivity contribution in [1.29, 1.82) is 0 Å². The van der Waals surface area contributed by atoms with Crippen LogP contribution in [0.3, 0.4) is 0 Å². The van der Waals surface area contributed by atoms with Gasteiger partial charge in [0.05, 0.1) is 6.42 Å². The summed E-state index contributed by atoms with van der Waals surface area (Å²) in [7, 11) is 3.75. The van der Waals surface area contributed by atoms with E-state index >= 15 is 0 Å². The van der Waals surface area contributed by atoms with Crippen LogP contribution in [0.5, 0.6) is 5.75 Å². The molecule has 0 aliphatic heterocycles. The van der Waals surface area contributed by atoms with E-state index in [2.05, 4.69) is 0 Å². The number of nitrogens with zero attached hydrogens (tertiary/aromatic N) is 1. The van der Waals surface area contributed by atoms with Gasteiger partial charge in [-0.25, -0.2) is 4.79 Å². The van der Waals surface area contributed by atoms with E-state index in [0.29, 0.717) is 5.75 Å². The summed E-state index contributed by atoms with van der Waals surface area (Å²) in [5, 5.41) is 17.4. The highest BCUT2D eigenvalue weighted by Crippen LogP contribution is 2.19. The Morgan fingerprint density at radius 1 is 1.22 bits per heavy atom. The molecule has 0 aromatic heterocycles. The van der Waals surface area contributed by atoms with Gasteiger partial charge in [0, 0.05) is 19.8 Å². The number of carboxylic acid groups (broad SMARTS) is 2. The Hall–Kier alpha value is -2.24. The van der Waals surface area contributed by atoms with Gasteiger partial charge in [-0.15, -0.1) is 0 Å². The monoisotopic (exact) mass is 253 g/mol. The standard InChI is InChI=1S/C12H15NO5/c1-13(2)8-3-5-9(6-4-8)18-10(12(16)17)7-11(14)15/h3-6,10H,7H2,1-2H3,(H,14,15)(H,16,17). The number of benzene rings is 1. The second kappa shape index (κ2) is 5.90. The molecule has 1 aromatic carbocycles. The van der Waals surface area contributed by atoms with Crippen LogP contribution in [0, 0.1) is 0 Å². The Morgan fingerprint density at radius 2 is 1.78 bits per heavy atom. The van der Waals surface area contributed by atoms with Gasteiger partial charge in [0.25, 0.3) is 0 Å². The molecule has 0 radical (unpaired) electrons. The number of carbonyl (C=O) groups is 2. The van der Waals surface area contributed by atoms with E-state index in [0.717, 1.165) is 5.69 Å². The third kappa shape index (κ3) is 3.97. The molecule has 0 saturated carbocycles. The highest BCUT2D eigenvalue weighted by atomic mass is 16.5. The molecule has 0 heterocycles. The smallest absolute Gasteiger partial charge is 0.345 e. The summed E-state index contributed by atoms with van der Waals surface area (Å²) in [6, 6.07) is 6.73. The fraction of sp³-hybridized carbons (Fsp3) is 0.333. The van der Waals surface area contributed by atoms with Crippen molar-refractivity contribution in [2.75, 3.05) is 19.0 Å². The summed E-state index contributed by atoms with van der Waals surface area (Å²) in [4.78, 5) is 23.2. The predicted octanol–water partition coefficient (Wildman–Crippen LogP) is 1.06. The molecule has 6 nitrogen and oxygen atoms in total. The van der Waals surface area contributed by atoms with E-state index in [4.69, 9.17) is 14.9 Å². The van der Waals surface area contributed by atoms with Crippen LogP contribution in [0.1, 0.15) is 6.42 Å². The molecule has 6 heteroatoms. The second-order valence-electron chi connectivity index (χ2n) is 3.93. The third-order valence-corrected chi connectivity index (χ3v) is 2.27. The molecule has 2 N–H and O–H groups in total. The molecule has 0 bridgehead atoms. The number of hydrogen-bond donors (Lipinski definition) is 2. The molecule has 0 amide bonds. The molecule has 18 heavy (non-hydrogen) atoms. The molecule has 0 aliphatic rings. The van der Waals surface area contributed by atoms with E-state index in [1.54, 1.807) is 24.3 Å². The largest absolute Gasteiger partial charge is 0.481 e. The predicted molar refractivity (Wildman–Crippen MR) is 65.1 cm³/mol. The minimum Gasteiger partial charge on any atom is -0.481 e. The molecule has 1 aromatic rings. The van der Waals surface area contributed by atoms with Crippen molar-refractivity contribution >= 4 is 17.6 Å². The zero-order valence-electron chi connectivity index (χ0n) is 10.2. The first kappa shape index (κ1) is 13.8. The van der Waals surface area contributed by atoms with Gasteiger partial charge in [-0.1, -0.05) is 0 Å². The maximum atomic E-state index is 10.8. The van der Waals surface area contributed by atoms with Crippen molar-refractivity contribution in [1.82, 2.24) is 0 Å². The lowest BCUT2D eigenvalue weighted by Gasteiger charge is -2.15. The number of rotatable bonds is 6. The Kier molecular flexibility index (Phi) is 4.53. The molecule has 0 aliphatic carbocycles. The normalized spacial score (nSPS) is 11.7. The molecule has 0 fully saturated rings. The number of carboxylic acids is 2. The SMILES string of the molecule is CN(C)c1ccc(OC(CC(=O)O)C(=O)O)cc1. The summed E-state index contributed by atoms with van der Waals surface area (Å²) >= 11 is 0. The summed E-state index contributed by atoms with van der Waals surface area (Å²) in [5.41, 5.74) is 0.937. The zero-order valence-corrected chi connectivity index (χ0v) is 10.2. The van der Waals surface area contributed by atoms with E-state index in [1.165, 1.54) is 0 Å². The number of ether oxygens (including phenoxy) is 1. The van der Waals surface area contributed by atoms with Crippen molar-refractivity contribution in [3.8, 4) is 5.75 Å². The first-order chi connectivity index (χ1) is 8.40. The van der Waals surface area contributed by atoms with Crippen molar-refractivity contribution in [3.05, 3.63) is 24.3 Å². The highest BCUT2D eigenvalue weighted by Gasteiger charge is 2.22. The Balaban J connectivity index is 2.75. The van der Waals surface area contributed by atoms with E-state index in [9.17, 15) is 9.59 Å². The number of aliphatic carboxylic acids is 2. The first-order valence-electron chi connectivity index (χ1n) is 5.29. The number of anilines is 1. The molecule has 98 valence electrons. The summed E-state index contributed by atoms with van der Waals surface area (Å²) < 4.78 is 5.12. The topological polar surface area (TPSA) is 87.1 Å². The maximum Gasteiger partial charge on any atom is 0.345 e. The molecule has 1 rings (SSSR count). The van der Waals surface area contributed by atoms with Gasteiger partial charge in [0.2, 0.25) is 6.10 Å². The minimum absolute atomic E-state index is 0.328. The molecule has 1 unspecified atom stereocenters. The number of hydrogen-bond acceptors (Lipinski definition) is 4. The average molecular weight is 253 g/mol. The van der Waals surface area contributed by atoms with E-state index in [-0.39, 0.29) is 0 Å². The summed E-state index contributed by atoms with van der Waals surface area (Å²) in [6.45, 7) is 0. The lowest BCUT2D eigenvalue weighted by Crippen LogP contribution is -2.29. The van der Waals surface area contributed by atoms with E-state index < -0.39 is 24.5 Å². The summed E-state index contributed by atoms with van der Waals surface area (Å²) in [6.07, 6.45) is -1.96. The van der Waals surface area contributed by atoms with Crippen LogP contribution in [0.15, 0.2) is 24.3 Å².